The third-order valence-electron chi connectivity index (χ3n) is 4.87. The largest absolute Gasteiger partial charge is 0.480 e. The molecule has 2 aromatic carbocycles. The van der Waals surface area contributed by atoms with E-state index < -0.39 is 12.0 Å². The Hall–Kier alpha value is -2.48. The molecule has 1 fully saturated rings. The summed E-state index contributed by atoms with van der Waals surface area (Å²) in [5, 5.41) is 17.3. The molecule has 1 aliphatic rings. The number of anilines is 1. The minimum Gasteiger partial charge on any atom is -0.480 e. The van der Waals surface area contributed by atoms with Crippen molar-refractivity contribution in [1.29, 1.82) is 0 Å². The maximum atomic E-state index is 12.3. The van der Waals surface area contributed by atoms with Gasteiger partial charge in [0.05, 0.1) is 19.6 Å². The highest BCUT2D eigenvalue weighted by Gasteiger charge is 2.21. The summed E-state index contributed by atoms with van der Waals surface area (Å²) in [4.78, 5) is 26.1. The van der Waals surface area contributed by atoms with Crippen LogP contribution >= 0.6 is 0 Å². The van der Waals surface area contributed by atoms with Crippen LogP contribution in [0.2, 0.25) is 0 Å². The zero-order chi connectivity index (χ0) is 19.8. The number of carbonyl (C=O) groups is 2. The maximum absolute atomic E-state index is 12.3. The van der Waals surface area contributed by atoms with Gasteiger partial charge in [-0.25, -0.2) is 0 Å². The number of rotatable bonds is 9. The van der Waals surface area contributed by atoms with Gasteiger partial charge in [-0.15, -0.1) is 0 Å². The van der Waals surface area contributed by atoms with Crippen LogP contribution in [0.15, 0.2) is 42.5 Å². The fourth-order valence-electron chi connectivity index (χ4n) is 3.32. The molecule has 28 heavy (non-hydrogen) atoms. The van der Waals surface area contributed by atoms with E-state index in [0.717, 1.165) is 50.0 Å². The number of nitrogens with zero attached hydrogens (tertiary/aromatic N) is 1. The first kappa shape index (κ1) is 20.3. The quantitative estimate of drug-likeness (QED) is 0.572. The van der Waals surface area contributed by atoms with E-state index in [1.807, 2.05) is 42.5 Å². The van der Waals surface area contributed by atoms with Gasteiger partial charge in [-0.3, -0.25) is 14.5 Å². The molecule has 150 valence electrons. The van der Waals surface area contributed by atoms with Gasteiger partial charge >= 0.3 is 5.97 Å². The Morgan fingerprint density at radius 1 is 1.11 bits per heavy atom. The van der Waals surface area contributed by atoms with Gasteiger partial charge < -0.3 is 20.5 Å². The maximum Gasteiger partial charge on any atom is 0.321 e. The molecule has 1 aliphatic heterocycles. The fraction of sp³-hybridized carbons (Fsp3) is 0.429. The Kier molecular flexibility index (Phi) is 7.36. The zero-order valence-electron chi connectivity index (χ0n) is 15.9. The molecule has 0 radical (unpaired) electrons. The monoisotopic (exact) mass is 385 g/mol. The first-order chi connectivity index (χ1) is 13.6. The van der Waals surface area contributed by atoms with E-state index in [0.29, 0.717) is 12.2 Å². The molecule has 7 heteroatoms. The lowest BCUT2D eigenvalue weighted by Gasteiger charge is -2.26. The van der Waals surface area contributed by atoms with Crippen molar-refractivity contribution < 1.29 is 19.4 Å². The number of benzene rings is 2. The Bertz CT molecular complexity index is 805. The lowest BCUT2D eigenvalue weighted by Crippen LogP contribution is -2.42. The minimum atomic E-state index is -1.01. The number of fused-ring (bicyclic) bond motifs is 1. The number of carbonyl (C=O) groups excluding carboxylic acids is 1. The summed E-state index contributed by atoms with van der Waals surface area (Å²) in [6.07, 6.45) is 0.718. The lowest BCUT2D eigenvalue weighted by molar-refractivity contribution is -0.141. The van der Waals surface area contributed by atoms with Gasteiger partial charge in [-0.05, 0) is 42.4 Å². The Balaban J connectivity index is 1.45. The molecule has 0 spiro atoms. The molecular weight excluding hydrogens is 358 g/mol. The second-order valence-corrected chi connectivity index (χ2v) is 6.97. The Labute approximate surface area is 164 Å². The van der Waals surface area contributed by atoms with Gasteiger partial charge in [0.1, 0.15) is 6.04 Å². The van der Waals surface area contributed by atoms with E-state index in [9.17, 15) is 14.7 Å². The van der Waals surface area contributed by atoms with Crippen LogP contribution in [0.4, 0.5) is 5.69 Å². The van der Waals surface area contributed by atoms with Gasteiger partial charge in [0.15, 0.2) is 0 Å². The van der Waals surface area contributed by atoms with E-state index in [1.54, 1.807) is 0 Å². The average molecular weight is 385 g/mol. The molecule has 0 saturated carbocycles. The van der Waals surface area contributed by atoms with E-state index in [-0.39, 0.29) is 12.3 Å². The summed E-state index contributed by atoms with van der Waals surface area (Å²) in [7, 11) is 0. The van der Waals surface area contributed by atoms with Crippen molar-refractivity contribution in [1.82, 2.24) is 10.2 Å². The van der Waals surface area contributed by atoms with E-state index in [4.69, 9.17) is 4.74 Å². The highest BCUT2D eigenvalue weighted by molar-refractivity contribution is 5.96. The summed E-state index contributed by atoms with van der Waals surface area (Å²) in [6.45, 7) is 4.77. The number of aliphatic carboxylic acids is 1. The van der Waals surface area contributed by atoms with E-state index in [1.165, 1.54) is 0 Å². The van der Waals surface area contributed by atoms with Crippen LogP contribution in [0.1, 0.15) is 12.8 Å². The smallest absolute Gasteiger partial charge is 0.321 e. The molecule has 2 aromatic rings. The van der Waals surface area contributed by atoms with Crippen LogP contribution in [0.3, 0.4) is 0 Å². The van der Waals surface area contributed by atoms with Crippen LogP contribution in [0.5, 0.6) is 0 Å². The normalized spacial score (nSPS) is 16.0. The highest BCUT2D eigenvalue weighted by Crippen LogP contribution is 2.19. The van der Waals surface area contributed by atoms with Crippen LogP contribution in [0, 0.1) is 0 Å². The number of morpholine rings is 1. The summed E-state index contributed by atoms with van der Waals surface area (Å²) < 4.78 is 5.31. The molecule has 1 amide bonds. The molecule has 0 aromatic heterocycles. The van der Waals surface area contributed by atoms with Gasteiger partial charge in [0.2, 0.25) is 5.91 Å². The van der Waals surface area contributed by atoms with Gasteiger partial charge in [0, 0.05) is 18.8 Å². The number of hydrogen-bond donors (Lipinski definition) is 3. The first-order valence-corrected chi connectivity index (χ1v) is 9.67. The molecule has 0 aliphatic carbocycles. The second kappa shape index (κ2) is 10.2. The molecule has 7 nitrogen and oxygen atoms in total. The van der Waals surface area contributed by atoms with Crippen LogP contribution in [-0.4, -0.2) is 67.3 Å². The average Bonchev–Trinajstić information content (AvgIpc) is 2.70. The predicted octanol–water partition coefficient (Wildman–Crippen LogP) is 1.93. The Morgan fingerprint density at radius 2 is 1.86 bits per heavy atom. The second-order valence-electron chi connectivity index (χ2n) is 6.97. The van der Waals surface area contributed by atoms with Crippen molar-refractivity contribution in [2.24, 2.45) is 0 Å². The minimum absolute atomic E-state index is 0.111. The summed E-state index contributed by atoms with van der Waals surface area (Å²) in [5.41, 5.74) is 0.667. The number of carboxylic acid groups (broad SMARTS) is 1. The highest BCUT2D eigenvalue weighted by atomic mass is 16.5. The molecule has 3 N–H and O–H groups in total. The number of hydrogen-bond acceptors (Lipinski definition) is 5. The Morgan fingerprint density at radius 3 is 2.61 bits per heavy atom. The van der Waals surface area contributed by atoms with Crippen LogP contribution < -0.4 is 10.6 Å². The molecule has 3 rings (SSSR count). The van der Waals surface area contributed by atoms with Crippen molar-refractivity contribution in [2.45, 2.75) is 18.9 Å². The van der Waals surface area contributed by atoms with E-state index in [2.05, 4.69) is 15.5 Å². The van der Waals surface area contributed by atoms with Crippen molar-refractivity contribution in [2.75, 3.05) is 44.7 Å². The SMILES string of the molecule is O=C(CC(NCCCN1CCOCC1)C(=O)O)Nc1ccc2ccccc2c1. The van der Waals surface area contributed by atoms with Crippen LogP contribution in [0.25, 0.3) is 10.8 Å². The molecular formula is C21H27N3O4. The third-order valence-corrected chi connectivity index (χ3v) is 4.87. The summed E-state index contributed by atoms with van der Waals surface area (Å²) in [5.74, 6) is -1.33. The first-order valence-electron chi connectivity index (χ1n) is 9.67. The van der Waals surface area contributed by atoms with E-state index >= 15 is 0 Å². The number of ether oxygens (including phenoxy) is 1. The predicted molar refractivity (Wildman–Crippen MR) is 108 cm³/mol. The zero-order valence-corrected chi connectivity index (χ0v) is 15.9. The molecule has 1 heterocycles. The topological polar surface area (TPSA) is 90.9 Å². The molecule has 1 saturated heterocycles. The van der Waals surface area contributed by atoms with Crippen molar-refractivity contribution in [3.8, 4) is 0 Å². The summed E-state index contributed by atoms with van der Waals surface area (Å²) >= 11 is 0. The van der Waals surface area contributed by atoms with Gasteiger partial charge in [-0.1, -0.05) is 30.3 Å². The van der Waals surface area contributed by atoms with Gasteiger partial charge in [-0.2, -0.15) is 0 Å². The number of amides is 1. The molecule has 1 unspecified atom stereocenters. The molecule has 1 atom stereocenters. The third kappa shape index (κ3) is 6.02. The van der Waals surface area contributed by atoms with Crippen molar-refractivity contribution >= 4 is 28.3 Å². The van der Waals surface area contributed by atoms with Gasteiger partial charge in [0.25, 0.3) is 0 Å². The molecule has 0 bridgehead atoms. The van der Waals surface area contributed by atoms with Crippen molar-refractivity contribution in [3.63, 3.8) is 0 Å². The number of nitrogens with one attached hydrogen (secondary N) is 2. The van der Waals surface area contributed by atoms with Crippen LogP contribution in [-0.2, 0) is 14.3 Å². The number of carboxylic acids is 1. The van der Waals surface area contributed by atoms with Crippen molar-refractivity contribution in [3.05, 3.63) is 42.5 Å². The summed E-state index contributed by atoms with van der Waals surface area (Å²) in [6, 6.07) is 12.6. The fourth-order valence-corrected chi connectivity index (χ4v) is 3.32. The standard InChI is InChI=1S/C21H27N3O4/c25-20(23-18-7-6-16-4-1-2-5-17(16)14-18)15-19(21(26)27)22-8-3-9-24-10-12-28-13-11-24/h1-2,4-7,14,19,22H,3,8-13,15H2,(H,23,25)(H,26,27). The lowest BCUT2D eigenvalue weighted by atomic mass is 10.1.